The first-order valence-electron chi connectivity index (χ1n) is 7.99. The van der Waals surface area contributed by atoms with Crippen LogP contribution < -0.4 is 15.2 Å². The van der Waals surface area contributed by atoms with Crippen molar-refractivity contribution in [3.8, 4) is 17.2 Å². The summed E-state index contributed by atoms with van der Waals surface area (Å²) in [6.45, 7) is 0.562. The third kappa shape index (κ3) is 3.75. The van der Waals surface area contributed by atoms with Crippen molar-refractivity contribution in [2.45, 2.75) is 6.42 Å². The molecule has 0 saturated heterocycles. The van der Waals surface area contributed by atoms with Crippen LogP contribution in [0.1, 0.15) is 5.56 Å². The maximum Gasteiger partial charge on any atom is 0.409 e. The third-order valence-corrected chi connectivity index (χ3v) is 3.82. The van der Waals surface area contributed by atoms with Crippen LogP contribution in [0.5, 0.6) is 17.2 Å². The fraction of sp³-hybridized carbons (Fsp3) is 0.222. The Morgan fingerprint density at radius 1 is 1.23 bits per heavy atom. The number of benzene rings is 1. The maximum atomic E-state index is 15.0. The highest BCUT2D eigenvalue weighted by atomic mass is 19.1. The van der Waals surface area contributed by atoms with Gasteiger partial charge in [-0.25, -0.2) is 14.2 Å². The monoisotopic (exact) mass is 358 g/mol. The molecule has 26 heavy (non-hydrogen) atoms. The summed E-state index contributed by atoms with van der Waals surface area (Å²) in [6, 6.07) is 6.34. The standard InChI is InChI=1S/C18H19FN4O3/c1-23(2)10-7-11-13(26-18(20)24)3-4-15(16(11)19)25-14-6-9-22-17-12(14)5-8-21-17/h3-6,8-9H,7,10H2,1-2H3,(H2,20,24)(H,21,22). The normalized spacial score (nSPS) is 11.1. The summed E-state index contributed by atoms with van der Waals surface area (Å²) >= 11 is 0. The summed E-state index contributed by atoms with van der Waals surface area (Å²) < 4.78 is 25.7. The van der Waals surface area contributed by atoms with E-state index in [-0.39, 0.29) is 17.1 Å². The second-order valence-corrected chi connectivity index (χ2v) is 5.98. The van der Waals surface area contributed by atoms with E-state index in [9.17, 15) is 4.79 Å². The zero-order valence-electron chi connectivity index (χ0n) is 14.5. The van der Waals surface area contributed by atoms with Gasteiger partial charge in [0.2, 0.25) is 0 Å². The minimum absolute atomic E-state index is 0.0317. The minimum Gasteiger partial charge on any atom is -0.453 e. The number of pyridine rings is 1. The molecule has 0 atom stereocenters. The fourth-order valence-corrected chi connectivity index (χ4v) is 2.58. The first-order chi connectivity index (χ1) is 12.5. The van der Waals surface area contributed by atoms with Crippen LogP contribution in [0.2, 0.25) is 0 Å². The molecule has 0 aliphatic carbocycles. The van der Waals surface area contributed by atoms with Crippen LogP contribution in [0, 0.1) is 5.82 Å². The van der Waals surface area contributed by atoms with Gasteiger partial charge in [0.15, 0.2) is 11.6 Å². The van der Waals surface area contributed by atoms with Gasteiger partial charge in [0.25, 0.3) is 0 Å². The molecule has 3 rings (SSSR count). The highest BCUT2D eigenvalue weighted by Crippen LogP contribution is 2.34. The molecule has 0 radical (unpaired) electrons. The van der Waals surface area contributed by atoms with Crippen LogP contribution >= 0.6 is 0 Å². The molecule has 0 saturated carbocycles. The Hall–Kier alpha value is -3.13. The molecule has 2 heterocycles. The van der Waals surface area contributed by atoms with Gasteiger partial charge in [-0.15, -0.1) is 0 Å². The average molecular weight is 358 g/mol. The number of likely N-dealkylation sites (N-methyl/N-ethyl adjacent to an activating group) is 1. The third-order valence-electron chi connectivity index (χ3n) is 3.82. The summed E-state index contributed by atoms with van der Waals surface area (Å²) in [5.74, 6) is -0.00151. The molecule has 2 aromatic heterocycles. The van der Waals surface area contributed by atoms with E-state index in [0.717, 1.165) is 5.39 Å². The highest BCUT2D eigenvalue weighted by Gasteiger charge is 2.18. The van der Waals surface area contributed by atoms with Gasteiger partial charge >= 0.3 is 6.09 Å². The molecule has 8 heteroatoms. The van der Waals surface area contributed by atoms with Crippen molar-refractivity contribution >= 4 is 17.1 Å². The number of nitrogens with two attached hydrogens (primary N) is 1. The van der Waals surface area contributed by atoms with Crippen LogP contribution in [0.25, 0.3) is 11.0 Å². The number of halogens is 1. The number of carbonyl (C=O) groups is 1. The molecule has 0 bridgehead atoms. The zero-order valence-corrected chi connectivity index (χ0v) is 14.5. The van der Waals surface area contributed by atoms with Gasteiger partial charge in [0.05, 0.1) is 5.39 Å². The second kappa shape index (κ2) is 7.40. The van der Waals surface area contributed by atoms with Gasteiger partial charge in [-0.3, -0.25) is 0 Å². The Labute approximate surface area is 149 Å². The molecule has 136 valence electrons. The van der Waals surface area contributed by atoms with E-state index in [1.54, 1.807) is 24.5 Å². The number of amides is 1. The van der Waals surface area contributed by atoms with Crippen LogP contribution in [0.3, 0.4) is 0 Å². The average Bonchev–Trinajstić information content (AvgIpc) is 3.06. The molecule has 0 aliphatic rings. The quantitative estimate of drug-likeness (QED) is 0.706. The van der Waals surface area contributed by atoms with Crippen LogP contribution in [0.4, 0.5) is 9.18 Å². The summed E-state index contributed by atoms with van der Waals surface area (Å²) in [4.78, 5) is 20.1. The Kier molecular flexibility index (Phi) is 5.04. The SMILES string of the molecule is CN(C)CCc1c(OC(N)=O)ccc(Oc2ccnc3[nH]ccc23)c1F. The summed E-state index contributed by atoms with van der Waals surface area (Å²) in [7, 11) is 3.74. The van der Waals surface area contributed by atoms with Crippen LogP contribution in [-0.4, -0.2) is 41.6 Å². The molecule has 0 aliphatic heterocycles. The van der Waals surface area contributed by atoms with Crippen LogP contribution in [0.15, 0.2) is 36.7 Å². The van der Waals surface area contributed by atoms with E-state index in [1.807, 2.05) is 19.0 Å². The first kappa shape index (κ1) is 17.7. The van der Waals surface area contributed by atoms with Crippen molar-refractivity contribution in [3.63, 3.8) is 0 Å². The number of aromatic nitrogens is 2. The molecule has 1 amide bonds. The molecule has 0 fully saturated rings. The lowest BCUT2D eigenvalue weighted by Crippen LogP contribution is -2.20. The molecule has 7 nitrogen and oxygen atoms in total. The van der Waals surface area contributed by atoms with Gasteiger partial charge in [-0.05, 0) is 44.8 Å². The zero-order chi connectivity index (χ0) is 18.7. The Morgan fingerprint density at radius 2 is 2.00 bits per heavy atom. The molecule has 3 aromatic rings. The summed E-state index contributed by atoms with van der Waals surface area (Å²) in [5, 5.41) is 0.735. The second-order valence-electron chi connectivity index (χ2n) is 5.98. The number of hydrogen-bond acceptors (Lipinski definition) is 5. The van der Waals surface area contributed by atoms with Crippen molar-refractivity contribution < 1.29 is 18.7 Å². The van der Waals surface area contributed by atoms with Crippen molar-refractivity contribution in [1.82, 2.24) is 14.9 Å². The van der Waals surface area contributed by atoms with Gasteiger partial charge in [-0.1, -0.05) is 0 Å². The molecule has 3 N–H and O–H groups in total. The number of nitrogens with one attached hydrogen (secondary N) is 1. The van der Waals surface area contributed by atoms with Crippen molar-refractivity contribution in [1.29, 1.82) is 0 Å². The lowest BCUT2D eigenvalue weighted by molar-refractivity contribution is 0.210. The number of primary amides is 1. The number of aromatic amines is 1. The number of hydrogen-bond donors (Lipinski definition) is 2. The first-order valence-corrected chi connectivity index (χ1v) is 7.99. The summed E-state index contributed by atoms with van der Waals surface area (Å²) in [6.07, 6.45) is 2.64. The fourth-order valence-electron chi connectivity index (χ4n) is 2.58. The smallest absolute Gasteiger partial charge is 0.409 e. The van der Waals surface area contributed by atoms with Crippen molar-refractivity contribution in [3.05, 3.63) is 48.0 Å². The van der Waals surface area contributed by atoms with Crippen molar-refractivity contribution in [2.75, 3.05) is 20.6 Å². The molecular weight excluding hydrogens is 339 g/mol. The highest BCUT2D eigenvalue weighted by molar-refractivity contribution is 5.82. The number of rotatable bonds is 6. The van der Waals surface area contributed by atoms with Gasteiger partial charge in [0.1, 0.15) is 17.1 Å². The topological polar surface area (TPSA) is 93.5 Å². The predicted molar refractivity (Wildman–Crippen MR) is 95.0 cm³/mol. The number of nitrogens with zero attached hydrogens (tertiary/aromatic N) is 2. The van der Waals surface area contributed by atoms with Crippen molar-refractivity contribution in [2.24, 2.45) is 5.73 Å². The number of fused-ring (bicyclic) bond motifs is 1. The number of carbonyl (C=O) groups excluding carboxylic acids is 1. The van der Waals surface area contributed by atoms with Crippen LogP contribution in [-0.2, 0) is 6.42 Å². The van der Waals surface area contributed by atoms with E-state index in [4.69, 9.17) is 15.2 Å². The lowest BCUT2D eigenvalue weighted by atomic mass is 10.1. The van der Waals surface area contributed by atoms with Gasteiger partial charge < -0.3 is 25.1 Å². The molecule has 0 spiro atoms. The van der Waals surface area contributed by atoms with E-state index in [2.05, 4.69) is 9.97 Å². The summed E-state index contributed by atoms with van der Waals surface area (Å²) in [5.41, 5.74) is 5.95. The molecular formula is C18H19FN4O3. The Morgan fingerprint density at radius 3 is 2.73 bits per heavy atom. The van der Waals surface area contributed by atoms with E-state index >= 15 is 4.39 Å². The predicted octanol–water partition coefficient (Wildman–Crippen LogP) is 3.06. The van der Waals surface area contributed by atoms with E-state index in [0.29, 0.717) is 24.4 Å². The molecule has 1 aromatic carbocycles. The largest absolute Gasteiger partial charge is 0.453 e. The maximum absolute atomic E-state index is 15.0. The lowest BCUT2D eigenvalue weighted by Gasteiger charge is -2.16. The van der Waals surface area contributed by atoms with E-state index < -0.39 is 11.9 Å². The van der Waals surface area contributed by atoms with E-state index in [1.165, 1.54) is 12.1 Å². The minimum atomic E-state index is -0.993. The number of ether oxygens (including phenoxy) is 2. The molecule has 0 unspecified atom stereocenters. The number of H-pyrrole nitrogens is 1. The van der Waals surface area contributed by atoms with Gasteiger partial charge in [-0.2, -0.15) is 0 Å². The Balaban J connectivity index is 1.98. The van der Waals surface area contributed by atoms with Gasteiger partial charge in [0, 0.05) is 24.5 Å². The Bertz CT molecular complexity index is 939.